The van der Waals surface area contributed by atoms with Gasteiger partial charge in [-0.1, -0.05) is 37.3 Å². The molecule has 2 aromatic rings. The normalized spacial score (nSPS) is 10.8. The molecule has 0 amide bonds. The van der Waals surface area contributed by atoms with Crippen molar-refractivity contribution in [3.8, 4) is 0 Å². The van der Waals surface area contributed by atoms with E-state index in [1.807, 2.05) is 36.4 Å². The van der Waals surface area contributed by atoms with Crippen LogP contribution in [-0.4, -0.2) is 5.78 Å². The molecule has 1 aromatic carbocycles. The third kappa shape index (κ3) is 3.28. The fourth-order valence-corrected chi connectivity index (χ4v) is 1.75. The highest BCUT2D eigenvalue weighted by Crippen LogP contribution is 2.06. The summed E-state index contributed by atoms with van der Waals surface area (Å²) in [6.45, 7) is 2.09. The predicted octanol–water partition coefficient (Wildman–Crippen LogP) is 2.47. The number of carbonyl (C=O) groups is 1. The Labute approximate surface area is 113 Å². The van der Waals surface area contributed by atoms with Gasteiger partial charge < -0.3 is 0 Å². The molecule has 0 saturated heterocycles. The van der Waals surface area contributed by atoms with Crippen LogP contribution in [0.2, 0.25) is 0 Å². The zero-order valence-electron chi connectivity index (χ0n) is 10.9. The molecule has 1 heterocycles. The fourth-order valence-electron chi connectivity index (χ4n) is 1.75. The minimum absolute atomic E-state index is 0.0293. The summed E-state index contributed by atoms with van der Waals surface area (Å²) in [4.78, 5) is 12.0. The van der Waals surface area contributed by atoms with Crippen molar-refractivity contribution in [2.24, 2.45) is 0 Å². The van der Waals surface area contributed by atoms with Gasteiger partial charge in [0.2, 0.25) is 0 Å². The van der Waals surface area contributed by atoms with E-state index in [1.54, 1.807) is 23.0 Å². The Bertz CT molecular complexity index is 600. The molecule has 0 unspecified atom stereocenters. The van der Waals surface area contributed by atoms with E-state index in [9.17, 15) is 4.79 Å². The first-order chi connectivity index (χ1) is 9.20. The number of hydrogen-bond acceptors (Lipinski definition) is 2. The molecule has 3 heteroatoms. The van der Waals surface area contributed by atoms with E-state index in [4.69, 9.17) is 5.73 Å². The first-order valence-corrected chi connectivity index (χ1v) is 6.28. The summed E-state index contributed by atoms with van der Waals surface area (Å²) in [5, 5.41) is 0. The molecular weight excluding hydrogens is 236 g/mol. The standard InChI is InChI=1S/C16H16N2O/c1-2-13-6-8-14(9-7-13)15(19)10-12-18-11-4-3-5-16(18)17/h3-12,17H,2H2,1H3/p+1/b12-10+. The maximum Gasteiger partial charge on any atom is 0.276 e. The van der Waals surface area contributed by atoms with Crippen molar-refractivity contribution in [1.29, 1.82) is 0 Å². The number of hydrogen-bond donors (Lipinski definition) is 1. The zero-order chi connectivity index (χ0) is 13.7. The SMILES string of the molecule is CCc1ccc(C(=O)/C=C/[n+]2ccccc2N)cc1. The van der Waals surface area contributed by atoms with Crippen molar-refractivity contribution in [3.05, 3.63) is 65.9 Å². The predicted molar refractivity (Wildman–Crippen MR) is 76.5 cm³/mol. The van der Waals surface area contributed by atoms with Crippen molar-refractivity contribution in [2.45, 2.75) is 13.3 Å². The van der Waals surface area contributed by atoms with Gasteiger partial charge in [0.05, 0.1) is 12.4 Å². The van der Waals surface area contributed by atoms with Crippen LogP contribution in [0.15, 0.2) is 54.7 Å². The Kier molecular flexibility index (Phi) is 4.08. The van der Waals surface area contributed by atoms with E-state index in [0.29, 0.717) is 11.4 Å². The minimum atomic E-state index is -0.0293. The lowest BCUT2D eigenvalue weighted by molar-refractivity contribution is -0.552. The first kappa shape index (κ1) is 13.0. The van der Waals surface area contributed by atoms with Gasteiger partial charge in [-0.25, -0.2) is 4.57 Å². The molecular formula is C16H17N2O+. The van der Waals surface area contributed by atoms with Gasteiger partial charge in [-0.3, -0.25) is 10.5 Å². The number of carbonyl (C=O) groups excluding carboxylic acids is 1. The number of aromatic nitrogens is 1. The number of allylic oxidation sites excluding steroid dienone is 1. The molecule has 0 aliphatic carbocycles. The van der Waals surface area contributed by atoms with E-state index in [2.05, 4.69) is 6.92 Å². The molecule has 1 aromatic heterocycles. The van der Waals surface area contributed by atoms with Crippen molar-refractivity contribution >= 4 is 17.8 Å². The molecule has 0 fully saturated rings. The maximum absolute atomic E-state index is 12.0. The van der Waals surface area contributed by atoms with Crippen LogP contribution in [-0.2, 0) is 6.42 Å². The van der Waals surface area contributed by atoms with Gasteiger partial charge in [0.1, 0.15) is 0 Å². The summed E-state index contributed by atoms with van der Waals surface area (Å²) in [6.07, 6.45) is 5.97. The van der Waals surface area contributed by atoms with E-state index in [1.165, 1.54) is 11.6 Å². The van der Waals surface area contributed by atoms with Crippen LogP contribution in [0, 0.1) is 0 Å². The van der Waals surface area contributed by atoms with Gasteiger partial charge in [-0.15, -0.1) is 0 Å². The Hall–Kier alpha value is -2.42. The van der Waals surface area contributed by atoms with Crippen LogP contribution < -0.4 is 10.3 Å². The van der Waals surface area contributed by atoms with Crippen LogP contribution in [0.4, 0.5) is 5.82 Å². The van der Waals surface area contributed by atoms with Crippen molar-refractivity contribution in [3.63, 3.8) is 0 Å². The van der Waals surface area contributed by atoms with Crippen LogP contribution in [0.3, 0.4) is 0 Å². The van der Waals surface area contributed by atoms with E-state index in [-0.39, 0.29) is 5.78 Å². The molecule has 0 aliphatic heterocycles. The van der Waals surface area contributed by atoms with Crippen molar-refractivity contribution in [1.82, 2.24) is 0 Å². The van der Waals surface area contributed by atoms with Gasteiger partial charge >= 0.3 is 0 Å². The minimum Gasteiger partial charge on any atom is -0.289 e. The van der Waals surface area contributed by atoms with Gasteiger partial charge in [-0.2, -0.15) is 0 Å². The van der Waals surface area contributed by atoms with Crippen LogP contribution in [0.5, 0.6) is 0 Å². The number of aryl methyl sites for hydroxylation is 1. The molecule has 0 radical (unpaired) electrons. The fraction of sp³-hybridized carbons (Fsp3) is 0.125. The Morgan fingerprint density at radius 2 is 1.95 bits per heavy atom. The summed E-state index contributed by atoms with van der Waals surface area (Å²) in [6, 6.07) is 13.2. The Balaban J connectivity index is 2.14. The molecule has 0 bridgehead atoms. The molecule has 2 rings (SSSR count). The number of nitrogen functional groups attached to an aromatic ring is 1. The maximum atomic E-state index is 12.0. The summed E-state index contributed by atoms with van der Waals surface area (Å²) in [7, 11) is 0. The average Bonchev–Trinajstić information content (AvgIpc) is 2.46. The number of ketones is 1. The largest absolute Gasteiger partial charge is 0.289 e. The monoisotopic (exact) mass is 253 g/mol. The second-order valence-electron chi connectivity index (χ2n) is 4.26. The summed E-state index contributed by atoms with van der Waals surface area (Å²) < 4.78 is 1.71. The van der Waals surface area contributed by atoms with E-state index >= 15 is 0 Å². The van der Waals surface area contributed by atoms with Crippen LogP contribution >= 0.6 is 0 Å². The average molecular weight is 253 g/mol. The molecule has 19 heavy (non-hydrogen) atoms. The van der Waals surface area contributed by atoms with Crippen molar-refractivity contribution in [2.75, 3.05) is 5.73 Å². The molecule has 3 nitrogen and oxygen atoms in total. The summed E-state index contributed by atoms with van der Waals surface area (Å²) in [5.41, 5.74) is 7.69. The summed E-state index contributed by atoms with van der Waals surface area (Å²) >= 11 is 0. The molecule has 96 valence electrons. The Morgan fingerprint density at radius 1 is 1.21 bits per heavy atom. The zero-order valence-corrected chi connectivity index (χ0v) is 10.9. The number of anilines is 1. The van der Waals surface area contributed by atoms with Crippen molar-refractivity contribution < 1.29 is 9.36 Å². The third-order valence-electron chi connectivity index (χ3n) is 2.96. The quantitative estimate of drug-likeness (QED) is 0.517. The lowest BCUT2D eigenvalue weighted by Crippen LogP contribution is -2.29. The lowest BCUT2D eigenvalue weighted by atomic mass is 10.1. The molecule has 2 N–H and O–H groups in total. The highest BCUT2D eigenvalue weighted by atomic mass is 16.1. The van der Waals surface area contributed by atoms with E-state index < -0.39 is 0 Å². The number of nitrogens with zero attached hydrogens (tertiary/aromatic N) is 1. The van der Waals surface area contributed by atoms with Crippen LogP contribution in [0.1, 0.15) is 22.8 Å². The number of pyridine rings is 1. The molecule has 0 saturated carbocycles. The van der Waals surface area contributed by atoms with Crippen LogP contribution in [0.25, 0.3) is 6.20 Å². The second-order valence-corrected chi connectivity index (χ2v) is 4.26. The summed E-state index contributed by atoms with van der Waals surface area (Å²) in [5.74, 6) is 0.561. The topological polar surface area (TPSA) is 47.0 Å². The third-order valence-corrected chi connectivity index (χ3v) is 2.96. The van der Waals surface area contributed by atoms with Gasteiger partial charge in [-0.05, 0) is 18.1 Å². The Morgan fingerprint density at radius 3 is 2.58 bits per heavy atom. The highest BCUT2D eigenvalue weighted by Gasteiger charge is 2.03. The van der Waals surface area contributed by atoms with Gasteiger partial charge in [0, 0.05) is 17.7 Å². The van der Waals surface area contributed by atoms with Gasteiger partial charge in [0.15, 0.2) is 5.78 Å². The first-order valence-electron chi connectivity index (χ1n) is 6.28. The smallest absolute Gasteiger partial charge is 0.276 e. The number of rotatable bonds is 4. The second kappa shape index (κ2) is 5.96. The number of nitrogens with two attached hydrogens (primary N) is 1. The lowest BCUT2D eigenvalue weighted by Gasteiger charge is -1.99. The van der Waals surface area contributed by atoms with Gasteiger partial charge in [0.25, 0.3) is 5.82 Å². The highest BCUT2D eigenvalue weighted by molar-refractivity contribution is 6.05. The number of benzene rings is 1. The van der Waals surface area contributed by atoms with E-state index in [0.717, 1.165) is 6.42 Å². The molecule has 0 aliphatic rings. The molecule has 0 atom stereocenters. The molecule has 0 spiro atoms.